The van der Waals surface area contributed by atoms with E-state index in [0.717, 1.165) is 10.9 Å². The molecule has 72 valence electrons. The van der Waals surface area contributed by atoms with Crippen molar-refractivity contribution in [3.05, 3.63) is 33.8 Å². The van der Waals surface area contributed by atoms with Crippen LogP contribution in [0.1, 0.15) is 31.4 Å². The maximum absolute atomic E-state index is 6.17. The molecule has 1 unspecified atom stereocenters. The van der Waals surface area contributed by atoms with Crippen LogP contribution in [-0.2, 0) is 5.54 Å². The highest BCUT2D eigenvalue weighted by Gasteiger charge is 2.20. The third-order valence-electron chi connectivity index (χ3n) is 2.54. The maximum Gasteiger partial charge on any atom is 0.0381 e. The van der Waals surface area contributed by atoms with Gasteiger partial charge in [-0.05, 0) is 43.5 Å². The van der Waals surface area contributed by atoms with Gasteiger partial charge in [-0.25, -0.2) is 0 Å². The molecular weight excluding hydrogens is 226 g/mol. The van der Waals surface area contributed by atoms with Crippen LogP contribution in [0.4, 0.5) is 0 Å². The van der Waals surface area contributed by atoms with Crippen molar-refractivity contribution in [3.63, 3.8) is 0 Å². The van der Waals surface area contributed by atoms with Crippen LogP contribution in [0.25, 0.3) is 0 Å². The minimum absolute atomic E-state index is 0.204. The molecule has 1 aromatic rings. The molecule has 1 aromatic carbocycles. The van der Waals surface area contributed by atoms with Crippen LogP contribution in [0.2, 0.25) is 0 Å². The molecule has 0 spiro atoms. The first kappa shape index (κ1) is 10.7. The van der Waals surface area contributed by atoms with E-state index in [0.29, 0.717) is 0 Å². The number of rotatable bonds is 2. The zero-order chi connectivity index (χ0) is 10.1. The van der Waals surface area contributed by atoms with Gasteiger partial charge in [0, 0.05) is 10.0 Å². The SMILES string of the molecule is CCC(C)(N)c1ccc(Br)cc1C. The van der Waals surface area contributed by atoms with E-state index in [1.54, 1.807) is 0 Å². The summed E-state index contributed by atoms with van der Waals surface area (Å²) in [4.78, 5) is 0. The summed E-state index contributed by atoms with van der Waals surface area (Å²) < 4.78 is 1.11. The third kappa shape index (κ3) is 2.32. The van der Waals surface area contributed by atoms with Crippen LogP contribution in [0.3, 0.4) is 0 Å². The third-order valence-corrected chi connectivity index (χ3v) is 3.03. The normalized spacial score (nSPS) is 15.5. The van der Waals surface area contributed by atoms with Gasteiger partial charge < -0.3 is 5.73 Å². The molecular formula is C11H16BrN. The zero-order valence-electron chi connectivity index (χ0n) is 8.39. The van der Waals surface area contributed by atoms with Gasteiger partial charge in [0.05, 0.1) is 0 Å². The lowest BCUT2D eigenvalue weighted by Crippen LogP contribution is -2.32. The summed E-state index contributed by atoms with van der Waals surface area (Å²) >= 11 is 3.44. The Hall–Kier alpha value is -0.340. The minimum Gasteiger partial charge on any atom is -0.322 e. The Morgan fingerprint density at radius 1 is 1.46 bits per heavy atom. The van der Waals surface area contributed by atoms with Gasteiger partial charge in [-0.1, -0.05) is 28.9 Å². The quantitative estimate of drug-likeness (QED) is 0.845. The standard InChI is InChI=1S/C11H16BrN/c1-4-11(3,13)10-6-5-9(12)7-8(10)2/h5-7H,4,13H2,1-3H3. The smallest absolute Gasteiger partial charge is 0.0381 e. The van der Waals surface area contributed by atoms with Gasteiger partial charge >= 0.3 is 0 Å². The molecule has 0 bridgehead atoms. The lowest BCUT2D eigenvalue weighted by Gasteiger charge is -2.25. The predicted octanol–water partition coefficient (Wildman–Crippen LogP) is 3.34. The molecule has 2 heteroatoms. The fraction of sp³-hybridized carbons (Fsp3) is 0.455. The molecule has 0 aliphatic carbocycles. The number of hydrogen-bond donors (Lipinski definition) is 1. The van der Waals surface area contributed by atoms with Crippen molar-refractivity contribution in [2.24, 2.45) is 5.73 Å². The Labute approximate surface area is 88.5 Å². The molecule has 0 fully saturated rings. The van der Waals surface area contributed by atoms with Crippen LogP contribution < -0.4 is 5.73 Å². The zero-order valence-corrected chi connectivity index (χ0v) is 9.98. The maximum atomic E-state index is 6.17. The number of aryl methyl sites for hydroxylation is 1. The van der Waals surface area contributed by atoms with Crippen LogP contribution >= 0.6 is 15.9 Å². The fourth-order valence-electron chi connectivity index (χ4n) is 1.46. The molecule has 0 heterocycles. The average molecular weight is 242 g/mol. The fourth-order valence-corrected chi connectivity index (χ4v) is 1.93. The summed E-state index contributed by atoms with van der Waals surface area (Å²) in [7, 11) is 0. The van der Waals surface area contributed by atoms with Crippen molar-refractivity contribution < 1.29 is 0 Å². The first-order valence-corrected chi connectivity index (χ1v) is 5.32. The lowest BCUT2D eigenvalue weighted by atomic mass is 9.87. The van der Waals surface area contributed by atoms with E-state index in [-0.39, 0.29) is 5.54 Å². The van der Waals surface area contributed by atoms with E-state index in [2.05, 4.69) is 48.8 Å². The summed E-state index contributed by atoms with van der Waals surface area (Å²) in [6.07, 6.45) is 0.954. The van der Waals surface area contributed by atoms with Crippen molar-refractivity contribution in [2.45, 2.75) is 32.7 Å². The second-order valence-corrected chi connectivity index (χ2v) is 4.65. The molecule has 0 saturated heterocycles. The summed E-state index contributed by atoms with van der Waals surface area (Å²) in [6.45, 7) is 6.28. The molecule has 1 atom stereocenters. The van der Waals surface area contributed by atoms with Gasteiger partial charge in [-0.2, -0.15) is 0 Å². The molecule has 0 aromatic heterocycles. The Balaban J connectivity index is 3.16. The molecule has 1 rings (SSSR count). The molecule has 0 aliphatic heterocycles. The van der Waals surface area contributed by atoms with Crippen LogP contribution in [0.15, 0.2) is 22.7 Å². The van der Waals surface area contributed by atoms with Gasteiger partial charge in [0.25, 0.3) is 0 Å². The molecule has 0 amide bonds. The van der Waals surface area contributed by atoms with Crippen molar-refractivity contribution >= 4 is 15.9 Å². The van der Waals surface area contributed by atoms with Crippen LogP contribution in [0.5, 0.6) is 0 Å². The summed E-state index contributed by atoms with van der Waals surface area (Å²) in [5, 5.41) is 0. The first-order chi connectivity index (χ1) is 5.97. The average Bonchev–Trinajstić information content (AvgIpc) is 2.03. The minimum atomic E-state index is -0.204. The Bertz CT molecular complexity index is 305. The number of hydrogen-bond acceptors (Lipinski definition) is 1. The van der Waals surface area contributed by atoms with Gasteiger partial charge in [0.1, 0.15) is 0 Å². The Kier molecular flexibility index (Phi) is 3.14. The van der Waals surface area contributed by atoms with E-state index >= 15 is 0 Å². The largest absolute Gasteiger partial charge is 0.322 e. The van der Waals surface area contributed by atoms with E-state index in [1.165, 1.54) is 11.1 Å². The molecule has 13 heavy (non-hydrogen) atoms. The second kappa shape index (κ2) is 3.81. The summed E-state index contributed by atoms with van der Waals surface area (Å²) in [6, 6.07) is 6.25. The molecule has 0 aliphatic rings. The summed E-state index contributed by atoms with van der Waals surface area (Å²) in [5.41, 5.74) is 8.45. The van der Waals surface area contributed by atoms with E-state index in [4.69, 9.17) is 5.73 Å². The second-order valence-electron chi connectivity index (χ2n) is 3.73. The van der Waals surface area contributed by atoms with Crippen LogP contribution in [-0.4, -0.2) is 0 Å². The van der Waals surface area contributed by atoms with E-state index in [9.17, 15) is 0 Å². The highest BCUT2D eigenvalue weighted by molar-refractivity contribution is 9.10. The highest BCUT2D eigenvalue weighted by Crippen LogP contribution is 2.26. The van der Waals surface area contributed by atoms with E-state index < -0.39 is 0 Å². The highest BCUT2D eigenvalue weighted by atomic mass is 79.9. The topological polar surface area (TPSA) is 26.0 Å². The number of nitrogens with two attached hydrogens (primary N) is 1. The van der Waals surface area contributed by atoms with Crippen molar-refractivity contribution in [1.29, 1.82) is 0 Å². The first-order valence-electron chi connectivity index (χ1n) is 4.53. The molecule has 0 saturated carbocycles. The molecule has 2 N–H and O–H groups in total. The van der Waals surface area contributed by atoms with Crippen molar-refractivity contribution in [1.82, 2.24) is 0 Å². The van der Waals surface area contributed by atoms with Gasteiger partial charge in [-0.3, -0.25) is 0 Å². The molecule has 0 radical (unpaired) electrons. The van der Waals surface area contributed by atoms with Crippen LogP contribution in [0, 0.1) is 6.92 Å². The molecule has 1 nitrogen and oxygen atoms in total. The number of halogens is 1. The van der Waals surface area contributed by atoms with Gasteiger partial charge in [0.15, 0.2) is 0 Å². The van der Waals surface area contributed by atoms with Gasteiger partial charge in [0.2, 0.25) is 0 Å². The lowest BCUT2D eigenvalue weighted by molar-refractivity contribution is 0.474. The Morgan fingerprint density at radius 2 is 2.08 bits per heavy atom. The van der Waals surface area contributed by atoms with Crippen molar-refractivity contribution in [3.8, 4) is 0 Å². The number of benzene rings is 1. The van der Waals surface area contributed by atoms with Gasteiger partial charge in [-0.15, -0.1) is 0 Å². The van der Waals surface area contributed by atoms with E-state index in [1.807, 2.05) is 6.07 Å². The predicted molar refractivity (Wildman–Crippen MR) is 60.7 cm³/mol. The summed E-state index contributed by atoms with van der Waals surface area (Å²) in [5.74, 6) is 0. The Morgan fingerprint density at radius 3 is 2.54 bits per heavy atom. The van der Waals surface area contributed by atoms with Crippen molar-refractivity contribution in [2.75, 3.05) is 0 Å². The monoisotopic (exact) mass is 241 g/mol.